The monoisotopic (exact) mass is 285 g/mol. The van der Waals surface area contributed by atoms with Crippen molar-refractivity contribution >= 4 is 27.3 Å². The number of nitrogens with zero attached hydrogens (tertiary/aromatic N) is 2. The standard InChI is InChI=1S/C10H12BrN3O2/c11-8-5-12-6-9(14(15)16)10(8)13-4-7-2-1-3-7/h5-7H,1-4H2,(H,12,13). The number of hydrogen-bond donors (Lipinski definition) is 1. The van der Waals surface area contributed by atoms with Gasteiger partial charge >= 0.3 is 5.69 Å². The Morgan fingerprint density at radius 1 is 1.56 bits per heavy atom. The second-order valence-corrected chi connectivity index (χ2v) is 4.80. The summed E-state index contributed by atoms with van der Waals surface area (Å²) in [6, 6.07) is 0. The SMILES string of the molecule is O=[N+]([O-])c1cncc(Br)c1NCC1CCC1. The maximum absolute atomic E-state index is 10.8. The maximum Gasteiger partial charge on any atom is 0.311 e. The zero-order valence-corrected chi connectivity index (χ0v) is 10.2. The average molecular weight is 286 g/mol. The molecule has 1 fully saturated rings. The summed E-state index contributed by atoms with van der Waals surface area (Å²) in [5.74, 6) is 0.652. The van der Waals surface area contributed by atoms with Crippen molar-refractivity contribution in [1.82, 2.24) is 4.98 Å². The van der Waals surface area contributed by atoms with E-state index < -0.39 is 4.92 Å². The Morgan fingerprint density at radius 2 is 2.31 bits per heavy atom. The smallest absolute Gasteiger partial charge is 0.311 e. The molecule has 0 aromatic carbocycles. The molecule has 0 saturated heterocycles. The van der Waals surface area contributed by atoms with Gasteiger partial charge in [-0.25, -0.2) is 0 Å². The first-order valence-corrected chi connectivity index (χ1v) is 5.99. The molecule has 0 atom stereocenters. The molecule has 1 aliphatic carbocycles. The van der Waals surface area contributed by atoms with Crippen LogP contribution in [0.3, 0.4) is 0 Å². The van der Waals surface area contributed by atoms with E-state index in [0.717, 1.165) is 6.54 Å². The van der Waals surface area contributed by atoms with Gasteiger partial charge in [0, 0.05) is 12.7 Å². The van der Waals surface area contributed by atoms with Crippen molar-refractivity contribution in [2.24, 2.45) is 5.92 Å². The highest BCUT2D eigenvalue weighted by Gasteiger charge is 2.21. The minimum atomic E-state index is -0.416. The molecule has 1 aromatic rings. The lowest BCUT2D eigenvalue weighted by molar-refractivity contribution is -0.384. The minimum Gasteiger partial charge on any atom is -0.378 e. The Bertz CT molecular complexity index is 407. The van der Waals surface area contributed by atoms with Crippen LogP contribution in [0.5, 0.6) is 0 Å². The van der Waals surface area contributed by atoms with Crippen molar-refractivity contribution in [3.8, 4) is 0 Å². The van der Waals surface area contributed by atoms with Crippen LogP contribution < -0.4 is 5.32 Å². The quantitative estimate of drug-likeness (QED) is 0.682. The normalized spacial score (nSPS) is 15.6. The van der Waals surface area contributed by atoms with E-state index in [1.165, 1.54) is 25.5 Å². The van der Waals surface area contributed by atoms with Gasteiger partial charge in [-0.05, 0) is 34.7 Å². The fourth-order valence-electron chi connectivity index (χ4n) is 1.68. The lowest BCUT2D eigenvalue weighted by Crippen LogP contribution is -2.21. The lowest BCUT2D eigenvalue weighted by atomic mass is 9.85. The highest BCUT2D eigenvalue weighted by molar-refractivity contribution is 9.10. The molecule has 0 unspecified atom stereocenters. The number of halogens is 1. The zero-order valence-electron chi connectivity index (χ0n) is 8.65. The molecule has 0 amide bonds. The first kappa shape index (κ1) is 11.3. The van der Waals surface area contributed by atoms with Gasteiger partial charge in [-0.15, -0.1) is 0 Å². The third-order valence-corrected chi connectivity index (χ3v) is 3.47. The Hall–Kier alpha value is -1.17. The van der Waals surface area contributed by atoms with Gasteiger partial charge in [-0.3, -0.25) is 15.1 Å². The van der Waals surface area contributed by atoms with Gasteiger partial charge < -0.3 is 5.32 Å². The molecule has 86 valence electrons. The number of hydrogen-bond acceptors (Lipinski definition) is 4. The molecular formula is C10H12BrN3O2. The van der Waals surface area contributed by atoms with Crippen LogP contribution in [-0.2, 0) is 0 Å². The molecule has 1 heterocycles. The van der Waals surface area contributed by atoms with E-state index in [0.29, 0.717) is 16.1 Å². The van der Waals surface area contributed by atoms with E-state index in [4.69, 9.17) is 0 Å². The van der Waals surface area contributed by atoms with Gasteiger partial charge in [0.25, 0.3) is 0 Å². The van der Waals surface area contributed by atoms with Crippen LogP contribution in [0.4, 0.5) is 11.4 Å². The number of nitro groups is 1. The summed E-state index contributed by atoms with van der Waals surface area (Å²) in [5, 5.41) is 13.9. The molecule has 1 saturated carbocycles. The Morgan fingerprint density at radius 3 is 2.88 bits per heavy atom. The molecule has 1 aliphatic rings. The van der Waals surface area contributed by atoms with Gasteiger partial charge in [0.05, 0.1) is 9.40 Å². The number of anilines is 1. The summed E-state index contributed by atoms with van der Waals surface area (Å²) < 4.78 is 0.640. The van der Waals surface area contributed by atoms with Gasteiger partial charge in [0.1, 0.15) is 11.9 Å². The first-order valence-electron chi connectivity index (χ1n) is 5.20. The summed E-state index contributed by atoms with van der Waals surface area (Å²) in [5.41, 5.74) is 0.556. The van der Waals surface area contributed by atoms with Crippen LogP contribution in [0.2, 0.25) is 0 Å². The molecule has 1 N–H and O–H groups in total. The Labute approximate surface area is 102 Å². The largest absolute Gasteiger partial charge is 0.378 e. The summed E-state index contributed by atoms with van der Waals surface area (Å²) in [7, 11) is 0. The number of aromatic nitrogens is 1. The molecular weight excluding hydrogens is 274 g/mol. The van der Waals surface area contributed by atoms with Gasteiger partial charge in [-0.1, -0.05) is 6.42 Å². The summed E-state index contributed by atoms with van der Waals surface area (Å²) in [6.45, 7) is 0.795. The molecule has 0 bridgehead atoms. The van der Waals surface area contributed by atoms with Crippen LogP contribution >= 0.6 is 15.9 Å². The van der Waals surface area contributed by atoms with Crippen molar-refractivity contribution in [3.05, 3.63) is 27.0 Å². The first-order chi connectivity index (χ1) is 7.68. The molecule has 5 nitrogen and oxygen atoms in total. The Balaban J connectivity index is 2.13. The second-order valence-electron chi connectivity index (χ2n) is 3.95. The van der Waals surface area contributed by atoms with E-state index in [1.807, 2.05) is 0 Å². The number of nitrogens with one attached hydrogen (secondary N) is 1. The minimum absolute atomic E-state index is 0.0219. The predicted octanol–water partition coefficient (Wildman–Crippen LogP) is 2.96. The fraction of sp³-hybridized carbons (Fsp3) is 0.500. The van der Waals surface area contributed by atoms with Gasteiger partial charge in [0.15, 0.2) is 0 Å². The predicted molar refractivity (Wildman–Crippen MR) is 64.4 cm³/mol. The van der Waals surface area contributed by atoms with E-state index in [2.05, 4.69) is 26.2 Å². The molecule has 2 rings (SSSR count). The van der Waals surface area contributed by atoms with Crippen LogP contribution in [0, 0.1) is 16.0 Å². The zero-order chi connectivity index (χ0) is 11.5. The molecule has 1 aromatic heterocycles. The third-order valence-electron chi connectivity index (χ3n) is 2.87. The molecule has 16 heavy (non-hydrogen) atoms. The molecule has 0 radical (unpaired) electrons. The lowest BCUT2D eigenvalue weighted by Gasteiger charge is -2.25. The van der Waals surface area contributed by atoms with Gasteiger partial charge in [-0.2, -0.15) is 0 Å². The van der Waals surface area contributed by atoms with Crippen LogP contribution in [0.15, 0.2) is 16.9 Å². The maximum atomic E-state index is 10.8. The van der Waals surface area contributed by atoms with Crippen molar-refractivity contribution in [1.29, 1.82) is 0 Å². The van der Waals surface area contributed by atoms with E-state index in [1.54, 1.807) is 6.20 Å². The van der Waals surface area contributed by atoms with E-state index in [-0.39, 0.29) is 5.69 Å². The molecule has 0 aliphatic heterocycles. The van der Waals surface area contributed by atoms with E-state index >= 15 is 0 Å². The number of rotatable bonds is 4. The highest BCUT2D eigenvalue weighted by Crippen LogP contribution is 2.33. The van der Waals surface area contributed by atoms with Crippen molar-refractivity contribution in [3.63, 3.8) is 0 Å². The molecule has 0 spiro atoms. The topological polar surface area (TPSA) is 68.1 Å². The van der Waals surface area contributed by atoms with Crippen molar-refractivity contribution < 1.29 is 4.92 Å². The fourth-order valence-corrected chi connectivity index (χ4v) is 2.14. The second kappa shape index (κ2) is 4.78. The van der Waals surface area contributed by atoms with Crippen LogP contribution in [0.25, 0.3) is 0 Å². The van der Waals surface area contributed by atoms with Gasteiger partial charge in [0.2, 0.25) is 0 Å². The summed E-state index contributed by atoms with van der Waals surface area (Å²) in [6.07, 6.45) is 6.53. The van der Waals surface area contributed by atoms with Crippen molar-refractivity contribution in [2.45, 2.75) is 19.3 Å². The number of pyridine rings is 1. The average Bonchev–Trinajstić information content (AvgIpc) is 2.17. The van der Waals surface area contributed by atoms with Crippen LogP contribution in [0.1, 0.15) is 19.3 Å². The van der Waals surface area contributed by atoms with Crippen molar-refractivity contribution in [2.75, 3.05) is 11.9 Å². The van der Waals surface area contributed by atoms with Crippen LogP contribution in [-0.4, -0.2) is 16.5 Å². The summed E-state index contributed by atoms with van der Waals surface area (Å²) in [4.78, 5) is 14.2. The Kier molecular flexibility index (Phi) is 3.38. The third kappa shape index (κ3) is 2.32. The highest BCUT2D eigenvalue weighted by atomic mass is 79.9. The molecule has 6 heteroatoms. The van der Waals surface area contributed by atoms with E-state index in [9.17, 15) is 10.1 Å². The summed E-state index contributed by atoms with van der Waals surface area (Å²) >= 11 is 3.28.